The van der Waals surface area contributed by atoms with Gasteiger partial charge in [0.15, 0.2) is 0 Å². The van der Waals surface area contributed by atoms with Gasteiger partial charge in [-0.1, -0.05) is 0 Å². The third-order valence-corrected chi connectivity index (χ3v) is 4.22. The molecule has 0 unspecified atom stereocenters. The highest BCUT2D eigenvalue weighted by Crippen LogP contribution is 2.35. The van der Waals surface area contributed by atoms with Crippen molar-refractivity contribution in [3.8, 4) is 0 Å². The minimum absolute atomic E-state index is 0.639. The summed E-state index contributed by atoms with van der Waals surface area (Å²) in [6.45, 7) is 1.36. The van der Waals surface area contributed by atoms with Gasteiger partial charge in [-0.05, 0) is 22.0 Å². The van der Waals surface area contributed by atoms with E-state index in [4.69, 9.17) is 4.74 Å². The number of aromatic nitrogens is 3. The summed E-state index contributed by atoms with van der Waals surface area (Å²) >= 11 is 5.03. The van der Waals surface area contributed by atoms with Gasteiger partial charge in [-0.15, -0.1) is 11.3 Å². The predicted octanol–water partition coefficient (Wildman–Crippen LogP) is 3.06. The average Bonchev–Trinajstić information content (AvgIpc) is 2.78. The number of hydrogen-bond acceptors (Lipinski definition) is 6. The Labute approximate surface area is 122 Å². The van der Waals surface area contributed by atoms with E-state index in [2.05, 4.69) is 36.2 Å². The van der Waals surface area contributed by atoms with Crippen LogP contribution in [0, 0.1) is 0 Å². The van der Waals surface area contributed by atoms with Gasteiger partial charge in [0.25, 0.3) is 0 Å². The molecule has 0 aliphatic rings. The summed E-state index contributed by atoms with van der Waals surface area (Å²) in [6.07, 6.45) is 3.37. The van der Waals surface area contributed by atoms with E-state index in [0.717, 1.165) is 30.7 Å². The summed E-state index contributed by atoms with van der Waals surface area (Å²) in [6, 6.07) is 2.03. The Hall–Kier alpha value is -1.31. The van der Waals surface area contributed by atoms with Gasteiger partial charge in [0.2, 0.25) is 0 Å². The fraction of sp³-hybridized carbons (Fsp3) is 0.250. The molecule has 7 heteroatoms. The normalized spacial score (nSPS) is 11.3. The highest BCUT2D eigenvalue weighted by atomic mass is 79.9. The van der Waals surface area contributed by atoms with Gasteiger partial charge < -0.3 is 10.1 Å². The molecule has 0 radical (unpaired) electrons. The molecule has 3 aromatic heterocycles. The molecule has 3 aromatic rings. The molecule has 0 saturated heterocycles. The number of thiophene rings is 1. The maximum Gasteiger partial charge on any atom is 0.147 e. The first-order valence-corrected chi connectivity index (χ1v) is 7.32. The number of rotatable bonds is 4. The number of fused-ring (bicyclic) bond motifs is 3. The van der Waals surface area contributed by atoms with E-state index in [9.17, 15) is 0 Å². The van der Waals surface area contributed by atoms with Crippen molar-refractivity contribution in [3.05, 3.63) is 23.1 Å². The van der Waals surface area contributed by atoms with E-state index in [1.165, 1.54) is 0 Å². The van der Waals surface area contributed by atoms with Gasteiger partial charge in [0.05, 0.1) is 16.8 Å². The second-order valence-electron chi connectivity index (χ2n) is 3.93. The van der Waals surface area contributed by atoms with Gasteiger partial charge in [0.1, 0.15) is 17.0 Å². The van der Waals surface area contributed by atoms with E-state index in [1.54, 1.807) is 31.0 Å². The summed E-state index contributed by atoms with van der Waals surface area (Å²) in [5.41, 5.74) is 0.934. The number of methoxy groups -OCH3 is 1. The number of halogens is 1. The molecule has 0 aliphatic carbocycles. The Balaban J connectivity index is 2.12. The Morgan fingerprint density at radius 3 is 3.11 bits per heavy atom. The number of nitrogens with zero attached hydrogens (tertiary/aromatic N) is 3. The smallest absolute Gasteiger partial charge is 0.147 e. The molecule has 1 N–H and O–H groups in total. The summed E-state index contributed by atoms with van der Waals surface area (Å²) in [7, 11) is 1.68. The summed E-state index contributed by atoms with van der Waals surface area (Å²) in [5.74, 6) is 0.834. The second-order valence-corrected chi connectivity index (χ2v) is 5.84. The van der Waals surface area contributed by atoms with E-state index < -0.39 is 0 Å². The summed E-state index contributed by atoms with van der Waals surface area (Å²) in [4.78, 5) is 14.0. The summed E-state index contributed by atoms with van der Waals surface area (Å²) in [5, 5.41) is 4.31. The zero-order chi connectivity index (χ0) is 13.2. The lowest BCUT2D eigenvalue weighted by Crippen LogP contribution is -2.08. The second kappa shape index (κ2) is 5.36. The van der Waals surface area contributed by atoms with Gasteiger partial charge in [-0.25, -0.2) is 15.0 Å². The first kappa shape index (κ1) is 12.7. The van der Waals surface area contributed by atoms with Crippen molar-refractivity contribution < 1.29 is 4.74 Å². The molecule has 3 heterocycles. The zero-order valence-electron chi connectivity index (χ0n) is 10.2. The van der Waals surface area contributed by atoms with Gasteiger partial charge in [-0.2, -0.15) is 0 Å². The molecule has 0 aromatic carbocycles. The number of pyridine rings is 1. The highest BCUT2D eigenvalue weighted by Gasteiger charge is 2.12. The minimum atomic E-state index is 0.639. The predicted molar refractivity (Wildman–Crippen MR) is 80.8 cm³/mol. The number of ether oxygens (including phenoxy) is 1. The number of hydrogen-bond donors (Lipinski definition) is 1. The quantitative estimate of drug-likeness (QED) is 0.741. The largest absolute Gasteiger partial charge is 0.383 e. The topological polar surface area (TPSA) is 59.9 Å². The zero-order valence-corrected chi connectivity index (χ0v) is 12.6. The van der Waals surface area contributed by atoms with Crippen LogP contribution in [-0.2, 0) is 4.74 Å². The third kappa shape index (κ3) is 2.41. The maximum absolute atomic E-state index is 5.03. The van der Waals surface area contributed by atoms with E-state index >= 15 is 0 Å². The van der Waals surface area contributed by atoms with Crippen molar-refractivity contribution in [2.24, 2.45) is 0 Å². The molecule has 0 amide bonds. The molecule has 0 saturated carbocycles. The molecule has 0 bridgehead atoms. The monoisotopic (exact) mass is 338 g/mol. The lowest BCUT2D eigenvalue weighted by atomic mass is 10.3. The van der Waals surface area contributed by atoms with Crippen molar-refractivity contribution in [2.45, 2.75) is 0 Å². The van der Waals surface area contributed by atoms with Crippen LogP contribution in [0.1, 0.15) is 0 Å². The molecule has 19 heavy (non-hydrogen) atoms. The minimum Gasteiger partial charge on any atom is -0.383 e. The number of nitrogens with one attached hydrogen (secondary N) is 1. The molecule has 98 valence electrons. The Kier molecular flexibility index (Phi) is 3.58. The van der Waals surface area contributed by atoms with Crippen molar-refractivity contribution >= 4 is 53.5 Å². The fourth-order valence-electron chi connectivity index (χ4n) is 1.83. The lowest BCUT2D eigenvalue weighted by Gasteiger charge is -2.04. The fourth-order valence-corrected chi connectivity index (χ4v) is 3.21. The van der Waals surface area contributed by atoms with E-state index in [-0.39, 0.29) is 0 Å². The lowest BCUT2D eigenvalue weighted by molar-refractivity contribution is 0.210. The van der Waals surface area contributed by atoms with Crippen LogP contribution < -0.4 is 5.32 Å². The molecule has 0 aliphatic heterocycles. The third-order valence-electron chi connectivity index (χ3n) is 2.67. The van der Waals surface area contributed by atoms with Crippen LogP contribution in [0.2, 0.25) is 0 Å². The van der Waals surface area contributed by atoms with Crippen LogP contribution in [0.25, 0.3) is 20.4 Å². The molecule has 0 fully saturated rings. The van der Waals surface area contributed by atoms with Crippen molar-refractivity contribution in [1.82, 2.24) is 15.0 Å². The average molecular weight is 339 g/mol. The van der Waals surface area contributed by atoms with Crippen LogP contribution in [0.5, 0.6) is 0 Å². The Morgan fingerprint density at radius 2 is 2.26 bits per heavy atom. The van der Waals surface area contributed by atoms with E-state index in [1.807, 2.05) is 6.07 Å². The van der Waals surface area contributed by atoms with Crippen LogP contribution in [-0.4, -0.2) is 35.2 Å². The molecule has 0 spiro atoms. The summed E-state index contributed by atoms with van der Waals surface area (Å²) < 4.78 is 7.01. The molecular formula is C12H11BrN4OS. The van der Waals surface area contributed by atoms with Crippen LogP contribution in [0.15, 0.2) is 23.1 Å². The number of anilines is 1. The molecule has 5 nitrogen and oxygen atoms in total. The standard InChI is InChI=1S/C12H11BrN4OS/c1-18-3-2-14-11-10-9(16-6-17-11)8-4-7(13)5-15-12(8)19-10/h4-6H,2-3H2,1H3,(H,14,16,17). The van der Waals surface area contributed by atoms with Gasteiger partial charge in [-0.3, -0.25) is 0 Å². The first-order chi connectivity index (χ1) is 9.29. The molecule has 0 atom stereocenters. The first-order valence-electron chi connectivity index (χ1n) is 5.71. The maximum atomic E-state index is 5.03. The van der Waals surface area contributed by atoms with Crippen LogP contribution in [0.3, 0.4) is 0 Å². The molecule has 3 rings (SSSR count). The van der Waals surface area contributed by atoms with Crippen LogP contribution in [0.4, 0.5) is 5.82 Å². The van der Waals surface area contributed by atoms with E-state index in [0.29, 0.717) is 13.2 Å². The van der Waals surface area contributed by atoms with Crippen LogP contribution >= 0.6 is 27.3 Å². The Bertz CT molecular complexity index is 730. The van der Waals surface area contributed by atoms with Gasteiger partial charge >= 0.3 is 0 Å². The van der Waals surface area contributed by atoms with Gasteiger partial charge in [0, 0.05) is 29.7 Å². The SMILES string of the molecule is COCCNc1ncnc2c1sc1ncc(Br)cc12. The Morgan fingerprint density at radius 1 is 1.37 bits per heavy atom. The van der Waals surface area contributed by atoms with Crippen molar-refractivity contribution in [2.75, 3.05) is 25.6 Å². The highest BCUT2D eigenvalue weighted by molar-refractivity contribution is 9.10. The molecular weight excluding hydrogens is 328 g/mol. The van der Waals surface area contributed by atoms with Crippen molar-refractivity contribution in [1.29, 1.82) is 0 Å². The van der Waals surface area contributed by atoms with Crippen molar-refractivity contribution in [3.63, 3.8) is 0 Å².